The molecular formula is C16H15BrN2O3. The van der Waals surface area contributed by atoms with E-state index < -0.39 is 0 Å². The SMILES string of the molecule is COc1ccc(C(=O)N/N=C(/C)c2cccc(O)c2)cc1Br. The summed E-state index contributed by atoms with van der Waals surface area (Å²) < 4.78 is 5.81. The van der Waals surface area contributed by atoms with E-state index in [0.29, 0.717) is 21.5 Å². The third-order valence-electron chi connectivity index (χ3n) is 3.00. The predicted molar refractivity (Wildman–Crippen MR) is 88.5 cm³/mol. The van der Waals surface area contributed by atoms with E-state index in [1.165, 1.54) is 0 Å². The normalized spacial score (nSPS) is 11.1. The first-order valence-electron chi connectivity index (χ1n) is 6.49. The molecule has 5 nitrogen and oxygen atoms in total. The Hall–Kier alpha value is -2.34. The van der Waals surface area contributed by atoms with Crippen LogP contribution < -0.4 is 10.2 Å². The molecule has 2 rings (SSSR count). The summed E-state index contributed by atoms with van der Waals surface area (Å²) in [7, 11) is 1.56. The number of ether oxygens (including phenoxy) is 1. The molecule has 0 heterocycles. The maximum Gasteiger partial charge on any atom is 0.271 e. The van der Waals surface area contributed by atoms with Crippen molar-refractivity contribution >= 4 is 27.5 Å². The van der Waals surface area contributed by atoms with Gasteiger partial charge in [-0.2, -0.15) is 5.10 Å². The maximum absolute atomic E-state index is 12.1. The standard InChI is InChI=1S/C16H15BrN2O3/c1-10(11-4-3-5-13(20)8-11)18-19-16(21)12-6-7-15(22-2)14(17)9-12/h3-9,20H,1-2H3,(H,19,21)/b18-10-. The number of hydrogen-bond donors (Lipinski definition) is 2. The van der Waals surface area contributed by atoms with Crippen molar-refractivity contribution in [1.82, 2.24) is 5.43 Å². The third-order valence-corrected chi connectivity index (χ3v) is 3.62. The van der Waals surface area contributed by atoms with Gasteiger partial charge >= 0.3 is 0 Å². The topological polar surface area (TPSA) is 70.9 Å². The van der Waals surface area contributed by atoms with E-state index in [-0.39, 0.29) is 11.7 Å². The number of aromatic hydroxyl groups is 1. The minimum Gasteiger partial charge on any atom is -0.508 e. The molecule has 0 aliphatic rings. The Balaban J connectivity index is 2.12. The number of rotatable bonds is 4. The summed E-state index contributed by atoms with van der Waals surface area (Å²) in [4.78, 5) is 12.1. The van der Waals surface area contributed by atoms with Crippen molar-refractivity contribution in [2.75, 3.05) is 7.11 Å². The van der Waals surface area contributed by atoms with Crippen LogP contribution in [0, 0.1) is 0 Å². The highest BCUT2D eigenvalue weighted by molar-refractivity contribution is 9.10. The van der Waals surface area contributed by atoms with Crippen LogP contribution in [-0.2, 0) is 0 Å². The number of hydrazone groups is 1. The van der Waals surface area contributed by atoms with Crippen LogP contribution in [0.1, 0.15) is 22.8 Å². The molecule has 0 spiro atoms. The Labute approximate surface area is 136 Å². The lowest BCUT2D eigenvalue weighted by Crippen LogP contribution is -2.19. The average Bonchev–Trinajstić information content (AvgIpc) is 2.52. The fourth-order valence-corrected chi connectivity index (χ4v) is 2.34. The zero-order valence-corrected chi connectivity index (χ0v) is 13.7. The summed E-state index contributed by atoms with van der Waals surface area (Å²) in [6.45, 7) is 1.75. The van der Waals surface area contributed by atoms with Crippen LogP contribution in [0.2, 0.25) is 0 Å². The van der Waals surface area contributed by atoms with Gasteiger partial charge in [0.25, 0.3) is 5.91 Å². The molecule has 0 fully saturated rings. The summed E-state index contributed by atoms with van der Waals surface area (Å²) in [5, 5.41) is 13.5. The molecular weight excluding hydrogens is 348 g/mol. The van der Waals surface area contributed by atoms with Crippen molar-refractivity contribution in [2.24, 2.45) is 5.10 Å². The van der Waals surface area contributed by atoms with Gasteiger partial charge in [-0.15, -0.1) is 0 Å². The number of nitrogens with one attached hydrogen (secondary N) is 1. The highest BCUT2D eigenvalue weighted by Crippen LogP contribution is 2.25. The molecule has 2 aromatic carbocycles. The first-order chi connectivity index (χ1) is 10.5. The molecule has 2 N–H and O–H groups in total. The number of phenols is 1. The van der Waals surface area contributed by atoms with Crippen molar-refractivity contribution in [2.45, 2.75) is 6.92 Å². The van der Waals surface area contributed by atoms with Gasteiger partial charge in [0.2, 0.25) is 0 Å². The van der Waals surface area contributed by atoms with Crippen molar-refractivity contribution in [3.05, 3.63) is 58.1 Å². The number of benzene rings is 2. The molecule has 0 atom stereocenters. The van der Waals surface area contributed by atoms with Gasteiger partial charge in [0, 0.05) is 11.1 Å². The summed E-state index contributed by atoms with van der Waals surface area (Å²) in [6, 6.07) is 11.7. The summed E-state index contributed by atoms with van der Waals surface area (Å²) >= 11 is 3.33. The van der Waals surface area contributed by atoms with Crippen LogP contribution in [0.3, 0.4) is 0 Å². The fourth-order valence-electron chi connectivity index (χ4n) is 1.80. The lowest BCUT2D eigenvalue weighted by molar-refractivity contribution is 0.0954. The van der Waals surface area contributed by atoms with E-state index in [4.69, 9.17) is 4.74 Å². The van der Waals surface area contributed by atoms with E-state index in [2.05, 4.69) is 26.5 Å². The summed E-state index contributed by atoms with van der Waals surface area (Å²) in [5.41, 5.74) is 4.27. The van der Waals surface area contributed by atoms with Crippen LogP contribution in [0.5, 0.6) is 11.5 Å². The predicted octanol–water partition coefficient (Wildman–Crippen LogP) is 3.32. The largest absolute Gasteiger partial charge is 0.508 e. The molecule has 0 saturated heterocycles. The van der Waals surface area contributed by atoms with Crippen LogP contribution in [0.4, 0.5) is 0 Å². The maximum atomic E-state index is 12.1. The van der Waals surface area contributed by atoms with Gasteiger partial charge in [-0.05, 0) is 53.2 Å². The van der Waals surface area contributed by atoms with Crippen LogP contribution in [0.25, 0.3) is 0 Å². The van der Waals surface area contributed by atoms with Gasteiger partial charge < -0.3 is 9.84 Å². The van der Waals surface area contributed by atoms with E-state index in [0.717, 1.165) is 5.56 Å². The molecule has 2 aromatic rings. The van der Waals surface area contributed by atoms with Gasteiger partial charge in [0.15, 0.2) is 0 Å². The molecule has 0 radical (unpaired) electrons. The van der Waals surface area contributed by atoms with Gasteiger partial charge in [-0.1, -0.05) is 12.1 Å². The molecule has 1 amide bonds. The molecule has 6 heteroatoms. The second-order valence-electron chi connectivity index (χ2n) is 4.54. The average molecular weight is 363 g/mol. The number of carbonyl (C=O) groups excluding carboxylic acids is 1. The molecule has 0 aliphatic heterocycles. The molecule has 0 saturated carbocycles. The zero-order valence-electron chi connectivity index (χ0n) is 12.1. The number of nitrogens with zero attached hydrogens (tertiary/aromatic N) is 1. The minimum absolute atomic E-state index is 0.150. The van der Waals surface area contributed by atoms with Gasteiger partial charge in [0.1, 0.15) is 11.5 Å². The Morgan fingerprint density at radius 1 is 1.23 bits per heavy atom. The first kappa shape index (κ1) is 16.0. The third kappa shape index (κ3) is 3.85. The smallest absolute Gasteiger partial charge is 0.271 e. The molecule has 0 aromatic heterocycles. The Kier molecular flexibility index (Phi) is 5.16. The van der Waals surface area contributed by atoms with Crippen molar-refractivity contribution in [3.63, 3.8) is 0 Å². The van der Waals surface area contributed by atoms with E-state index in [9.17, 15) is 9.90 Å². The Morgan fingerprint density at radius 3 is 2.64 bits per heavy atom. The molecule has 22 heavy (non-hydrogen) atoms. The second kappa shape index (κ2) is 7.09. The van der Waals surface area contributed by atoms with Gasteiger partial charge in [-0.25, -0.2) is 5.43 Å². The second-order valence-corrected chi connectivity index (χ2v) is 5.39. The van der Waals surface area contributed by atoms with E-state index in [1.807, 2.05) is 0 Å². The molecule has 114 valence electrons. The Bertz CT molecular complexity index is 729. The monoisotopic (exact) mass is 362 g/mol. The van der Waals surface area contributed by atoms with E-state index >= 15 is 0 Å². The summed E-state index contributed by atoms with van der Waals surface area (Å²) in [5.74, 6) is 0.469. The summed E-state index contributed by atoms with van der Waals surface area (Å²) in [6.07, 6.45) is 0. The number of carbonyl (C=O) groups is 1. The van der Waals surface area contributed by atoms with Crippen molar-refractivity contribution in [1.29, 1.82) is 0 Å². The highest BCUT2D eigenvalue weighted by atomic mass is 79.9. The van der Waals surface area contributed by atoms with Crippen molar-refractivity contribution in [3.8, 4) is 11.5 Å². The highest BCUT2D eigenvalue weighted by Gasteiger charge is 2.08. The number of hydrogen-bond acceptors (Lipinski definition) is 4. The van der Waals surface area contributed by atoms with Crippen molar-refractivity contribution < 1.29 is 14.6 Å². The quantitative estimate of drug-likeness (QED) is 0.647. The fraction of sp³-hybridized carbons (Fsp3) is 0.125. The van der Waals surface area contributed by atoms with E-state index in [1.54, 1.807) is 56.5 Å². The number of phenolic OH excluding ortho intramolecular Hbond substituents is 1. The number of amides is 1. The Morgan fingerprint density at radius 2 is 2.00 bits per heavy atom. The molecule has 0 bridgehead atoms. The molecule has 0 aliphatic carbocycles. The number of halogens is 1. The minimum atomic E-state index is -0.331. The van der Waals surface area contributed by atoms with Gasteiger partial charge in [-0.3, -0.25) is 4.79 Å². The van der Waals surface area contributed by atoms with Crippen LogP contribution in [0.15, 0.2) is 52.0 Å². The van der Waals surface area contributed by atoms with Crippen LogP contribution in [-0.4, -0.2) is 23.8 Å². The number of methoxy groups -OCH3 is 1. The van der Waals surface area contributed by atoms with Gasteiger partial charge in [0.05, 0.1) is 17.3 Å². The lowest BCUT2D eigenvalue weighted by Gasteiger charge is -2.06. The van der Waals surface area contributed by atoms with Crippen LogP contribution >= 0.6 is 15.9 Å². The zero-order chi connectivity index (χ0) is 16.1. The first-order valence-corrected chi connectivity index (χ1v) is 7.28. The lowest BCUT2D eigenvalue weighted by atomic mass is 10.1. The molecule has 0 unspecified atom stereocenters.